The fraction of sp³-hybridized carbons (Fsp3) is 0.381. The average molecular weight is 448 g/mol. The molecule has 1 N–H and O–H groups in total. The Morgan fingerprint density at radius 1 is 1.16 bits per heavy atom. The van der Waals surface area contributed by atoms with E-state index in [1.165, 1.54) is 12.3 Å². The number of pyridine rings is 1. The van der Waals surface area contributed by atoms with Gasteiger partial charge in [-0.2, -0.15) is 0 Å². The Kier molecular flexibility index (Phi) is 5.74. The third-order valence-electron chi connectivity index (χ3n) is 5.38. The van der Waals surface area contributed by atoms with Gasteiger partial charge in [-0.15, -0.1) is 0 Å². The molecule has 3 heterocycles. The van der Waals surface area contributed by atoms with Crippen LogP contribution in [0.2, 0.25) is 0 Å². The number of fused-ring (bicyclic) bond motifs is 1. The predicted octanol–water partition coefficient (Wildman–Crippen LogP) is 4.41. The van der Waals surface area contributed by atoms with E-state index in [4.69, 9.17) is 0 Å². The van der Waals surface area contributed by atoms with Crippen LogP contribution in [0.4, 0.5) is 26.2 Å². The van der Waals surface area contributed by atoms with Gasteiger partial charge < -0.3 is 10.2 Å². The molecule has 1 aliphatic rings. The van der Waals surface area contributed by atoms with Crippen molar-refractivity contribution in [3.63, 3.8) is 0 Å². The van der Waals surface area contributed by atoms with E-state index in [1.54, 1.807) is 32.0 Å². The number of nitrogens with one attached hydrogen (secondary N) is 1. The number of aryl methyl sites for hydroxylation is 1. The lowest BCUT2D eigenvalue weighted by atomic mass is 10.2. The van der Waals surface area contributed by atoms with Crippen molar-refractivity contribution in [2.45, 2.75) is 38.0 Å². The molecule has 164 valence electrons. The Balaban J connectivity index is 1.72. The number of benzene rings is 1. The standard InChI is InChI=1S/C21H23F2N5O2S/c1-3-31(29,30)15-6-7-16(13(2)10-15)26-21-24-12-14-11-17(19(22)23)25-20(18(14)27-21)28-8-4-5-9-28/h6-7,10-12,19H,3-5,8-9H2,1-2H3,(H,24,26,27). The third kappa shape index (κ3) is 4.30. The summed E-state index contributed by atoms with van der Waals surface area (Å²) in [5.41, 5.74) is 1.60. The van der Waals surface area contributed by atoms with E-state index >= 15 is 0 Å². The van der Waals surface area contributed by atoms with Crippen molar-refractivity contribution in [3.05, 3.63) is 41.7 Å². The summed E-state index contributed by atoms with van der Waals surface area (Å²) in [6.07, 6.45) is 0.780. The summed E-state index contributed by atoms with van der Waals surface area (Å²) in [5, 5.41) is 3.60. The highest BCUT2D eigenvalue weighted by Gasteiger charge is 2.22. The van der Waals surface area contributed by atoms with Gasteiger partial charge in [0.1, 0.15) is 11.2 Å². The second-order valence-electron chi connectivity index (χ2n) is 7.50. The van der Waals surface area contributed by atoms with E-state index in [-0.39, 0.29) is 22.3 Å². The molecule has 0 saturated carbocycles. The molecule has 0 atom stereocenters. The van der Waals surface area contributed by atoms with Gasteiger partial charge in [-0.3, -0.25) is 0 Å². The van der Waals surface area contributed by atoms with E-state index in [0.29, 0.717) is 22.4 Å². The molecule has 1 fully saturated rings. The molecule has 0 bridgehead atoms. The lowest BCUT2D eigenvalue weighted by Gasteiger charge is -2.19. The number of anilines is 3. The van der Waals surface area contributed by atoms with Gasteiger partial charge in [0.05, 0.1) is 10.6 Å². The summed E-state index contributed by atoms with van der Waals surface area (Å²) in [6.45, 7) is 4.89. The van der Waals surface area contributed by atoms with Gasteiger partial charge >= 0.3 is 0 Å². The summed E-state index contributed by atoms with van der Waals surface area (Å²) in [7, 11) is -3.30. The highest BCUT2D eigenvalue weighted by molar-refractivity contribution is 7.91. The Bertz CT molecular complexity index is 1230. The summed E-state index contributed by atoms with van der Waals surface area (Å²) < 4.78 is 50.9. The molecule has 0 amide bonds. The summed E-state index contributed by atoms with van der Waals surface area (Å²) in [6, 6.07) is 6.14. The van der Waals surface area contributed by atoms with Crippen molar-refractivity contribution >= 4 is 38.2 Å². The van der Waals surface area contributed by atoms with Crippen molar-refractivity contribution in [3.8, 4) is 0 Å². The Morgan fingerprint density at radius 2 is 1.90 bits per heavy atom. The summed E-state index contributed by atoms with van der Waals surface area (Å²) in [4.78, 5) is 15.2. The molecule has 0 unspecified atom stereocenters. The van der Waals surface area contributed by atoms with Crippen LogP contribution in [0.5, 0.6) is 0 Å². The maximum absolute atomic E-state index is 13.3. The normalized spacial score (nSPS) is 14.5. The minimum Gasteiger partial charge on any atom is -0.355 e. The van der Waals surface area contributed by atoms with Crippen molar-refractivity contribution in [1.82, 2.24) is 15.0 Å². The van der Waals surface area contributed by atoms with Crippen LogP contribution in [0.3, 0.4) is 0 Å². The SMILES string of the molecule is CCS(=O)(=O)c1ccc(Nc2ncc3cc(C(F)F)nc(N4CCCC4)c3n2)c(C)c1. The third-order valence-corrected chi connectivity index (χ3v) is 7.11. The molecule has 1 saturated heterocycles. The Morgan fingerprint density at radius 3 is 2.55 bits per heavy atom. The topological polar surface area (TPSA) is 88.1 Å². The molecule has 0 aliphatic carbocycles. The monoisotopic (exact) mass is 447 g/mol. The molecule has 0 spiro atoms. The van der Waals surface area contributed by atoms with Crippen LogP contribution >= 0.6 is 0 Å². The molecule has 0 radical (unpaired) electrons. The largest absolute Gasteiger partial charge is 0.355 e. The Labute approximate surface area is 179 Å². The van der Waals surface area contributed by atoms with Crippen LogP contribution in [0.1, 0.15) is 37.4 Å². The van der Waals surface area contributed by atoms with E-state index in [2.05, 4.69) is 20.3 Å². The molecule has 1 aromatic carbocycles. The Hall–Kier alpha value is -2.88. The van der Waals surface area contributed by atoms with Gasteiger partial charge in [0.2, 0.25) is 5.95 Å². The molecule has 2 aromatic heterocycles. The van der Waals surface area contributed by atoms with Crippen molar-refractivity contribution in [2.24, 2.45) is 0 Å². The minimum absolute atomic E-state index is 0.0277. The van der Waals surface area contributed by atoms with Gasteiger partial charge in [-0.05, 0) is 49.6 Å². The lowest BCUT2D eigenvalue weighted by Crippen LogP contribution is -2.20. The number of rotatable bonds is 6. The number of aromatic nitrogens is 3. The van der Waals surface area contributed by atoms with Crippen molar-refractivity contribution in [2.75, 3.05) is 29.1 Å². The van der Waals surface area contributed by atoms with Gasteiger partial charge in [-0.25, -0.2) is 32.2 Å². The molecular formula is C21H23F2N5O2S. The molecule has 31 heavy (non-hydrogen) atoms. The number of alkyl halides is 2. The fourth-order valence-corrected chi connectivity index (χ4v) is 4.59. The van der Waals surface area contributed by atoms with Crippen LogP contribution < -0.4 is 10.2 Å². The zero-order valence-corrected chi connectivity index (χ0v) is 18.1. The number of halogens is 2. The van der Waals surface area contributed by atoms with Gasteiger partial charge in [-0.1, -0.05) is 6.92 Å². The van der Waals surface area contributed by atoms with Crippen molar-refractivity contribution in [1.29, 1.82) is 0 Å². The van der Waals surface area contributed by atoms with E-state index in [0.717, 1.165) is 31.5 Å². The average Bonchev–Trinajstić information content (AvgIpc) is 3.29. The first-order valence-electron chi connectivity index (χ1n) is 10.1. The zero-order chi connectivity index (χ0) is 22.2. The first kappa shape index (κ1) is 21.4. The first-order valence-corrected chi connectivity index (χ1v) is 11.7. The molecule has 4 rings (SSSR count). The van der Waals surface area contributed by atoms with Crippen molar-refractivity contribution < 1.29 is 17.2 Å². The second kappa shape index (κ2) is 8.33. The zero-order valence-electron chi connectivity index (χ0n) is 17.3. The minimum atomic E-state index is -3.30. The smallest absolute Gasteiger partial charge is 0.280 e. The van der Waals surface area contributed by atoms with Crippen LogP contribution in [0.25, 0.3) is 10.9 Å². The van der Waals surface area contributed by atoms with Crippen LogP contribution in [-0.2, 0) is 9.84 Å². The number of nitrogens with zero attached hydrogens (tertiary/aromatic N) is 4. The predicted molar refractivity (Wildman–Crippen MR) is 116 cm³/mol. The summed E-state index contributed by atoms with van der Waals surface area (Å²) >= 11 is 0. The highest BCUT2D eigenvalue weighted by Crippen LogP contribution is 2.31. The van der Waals surface area contributed by atoms with Gasteiger partial charge in [0.15, 0.2) is 15.7 Å². The number of sulfone groups is 1. The van der Waals surface area contributed by atoms with Crippen LogP contribution in [0.15, 0.2) is 35.4 Å². The van der Waals surface area contributed by atoms with E-state index in [1.807, 2.05) is 4.90 Å². The second-order valence-corrected chi connectivity index (χ2v) is 9.78. The summed E-state index contributed by atoms with van der Waals surface area (Å²) in [5.74, 6) is 0.755. The van der Waals surface area contributed by atoms with Gasteiger partial charge in [0, 0.05) is 30.4 Å². The molecular weight excluding hydrogens is 424 g/mol. The van der Waals surface area contributed by atoms with Crippen LogP contribution in [0, 0.1) is 6.92 Å². The molecule has 7 nitrogen and oxygen atoms in total. The highest BCUT2D eigenvalue weighted by atomic mass is 32.2. The van der Waals surface area contributed by atoms with E-state index < -0.39 is 16.3 Å². The molecule has 1 aliphatic heterocycles. The maximum atomic E-state index is 13.3. The number of hydrogen-bond acceptors (Lipinski definition) is 7. The number of hydrogen-bond donors (Lipinski definition) is 1. The maximum Gasteiger partial charge on any atom is 0.280 e. The molecule has 10 heteroatoms. The van der Waals surface area contributed by atoms with Crippen LogP contribution in [-0.4, -0.2) is 42.2 Å². The van der Waals surface area contributed by atoms with Gasteiger partial charge in [0.25, 0.3) is 6.43 Å². The molecule has 3 aromatic rings. The fourth-order valence-electron chi connectivity index (χ4n) is 3.62. The quantitative estimate of drug-likeness (QED) is 0.599. The first-order chi connectivity index (χ1) is 14.8. The van der Waals surface area contributed by atoms with E-state index in [9.17, 15) is 17.2 Å². The lowest BCUT2D eigenvalue weighted by molar-refractivity contribution is 0.146.